The zero-order valence-corrected chi connectivity index (χ0v) is 13.5. The number of aryl methyl sites for hydroxylation is 1. The van der Waals surface area contributed by atoms with Crippen molar-refractivity contribution in [3.63, 3.8) is 0 Å². The maximum atomic E-state index is 13.4. The number of aromatic nitrogens is 2. The molecule has 114 valence electrons. The predicted molar refractivity (Wildman–Crippen MR) is 88.6 cm³/mol. The van der Waals surface area contributed by atoms with Crippen LogP contribution in [0.4, 0.5) is 20.3 Å². The molecule has 0 unspecified atom stereocenters. The van der Waals surface area contributed by atoms with E-state index >= 15 is 0 Å². The average molecular weight is 336 g/mol. The van der Waals surface area contributed by atoms with Gasteiger partial charge in [0.1, 0.15) is 11.6 Å². The van der Waals surface area contributed by atoms with Gasteiger partial charge in [-0.05, 0) is 19.1 Å². The standard InChI is InChI=1S/C14H13FN4OS2/c1-7-12(22-13(16)17-7)10-6-21-14(19-10)18-9-5-8(15)3-4-11(9)20-2/h3-6H,1-2H3,(H2,16,17)(H,18,19). The average Bonchev–Trinajstić information content (AvgIpc) is 3.05. The van der Waals surface area contributed by atoms with Crippen molar-refractivity contribution in [2.24, 2.45) is 0 Å². The van der Waals surface area contributed by atoms with Crippen LogP contribution < -0.4 is 15.8 Å². The first-order valence-corrected chi connectivity index (χ1v) is 8.06. The summed E-state index contributed by atoms with van der Waals surface area (Å²) in [5.74, 6) is 0.211. The third-order valence-electron chi connectivity index (χ3n) is 2.95. The van der Waals surface area contributed by atoms with Gasteiger partial charge < -0.3 is 15.8 Å². The lowest BCUT2D eigenvalue weighted by molar-refractivity contribution is 0.416. The summed E-state index contributed by atoms with van der Waals surface area (Å²) in [5.41, 5.74) is 7.89. The fourth-order valence-electron chi connectivity index (χ4n) is 1.98. The van der Waals surface area contributed by atoms with Gasteiger partial charge in [0.25, 0.3) is 0 Å². The van der Waals surface area contributed by atoms with Gasteiger partial charge in [-0.25, -0.2) is 14.4 Å². The van der Waals surface area contributed by atoms with Crippen molar-refractivity contribution in [3.05, 3.63) is 35.1 Å². The van der Waals surface area contributed by atoms with Gasteiger partial charge >= 0.3 is 0 Å². The van der Waals surface area contributed by atoms with Gasteiger partial charge in [-0.1, -0.05) is 11.3 Å². The van der Waals surface area contributed by atoms with Gasteiger partial charge in [-0.15, -0.1) is 11.3 Å². The molecule has 0 spiro atoms. The SMILES string of the molecule is COc1ccc(F)cc1Nc1nc(-c2sc(N)nc2C)cs1. The van der Waals surface area contributed by atoms with Crippen molar-refractivity contribution in [1.29, 1.82) is 0 Å². The predicted octanol–water partition coefficient (Wildman–Crippen LogP) is 4.05. The number of benzene rings is 1. The van der Waals surface area contributed by atoms with Crippen LogP contribution in [0.15, 0.2) is 23.6 Å². The first-order chi connectivity index (χ1) is 10.6. The molecule has 0 aliphatic rings. The van der Waals surface area contributed by atoms with Crippen LogP contribution >= 0.6 is 22.7 Å². The number of hydrogen-bond acceptors (Lipinski definition) is 7. The maximum absolute atomic E-state index is 13.4. The first-order valence-electron chi connectivity index (χ1n) is 6.36. The number of anilines is 3. The summed E-state index contributed by atoms with van der Waals surface area (Å²) < 4.78 is 18.6. The van der Waals surface area contributed by atoms with E-state index in [9.17, 15) is 4.39 Å². The van der Waals surface area contributed by atoms with Crippen molar-refractivity contribution in [2.75, 3.05) is 18.2 Å². The molecule has 0 saturated carbocycles. The Balaban J connectivity index is 1.89. The number of hydrogen-bond donors (Lipinski definition) is 2. The summed E-state index contributed by atoms with van der Waals surface area (Å²) in [6.45, 7) is 1.89. The number of nitrogens with zero attached hydrogens (tertiary/aromatic N) is 2. The molecule has 0 aliphatic heterocycles. The summed E-state index contributed by atoms with van der Waals surface area (Å²) in [6.07, 6.45) is 0. The molecule has 3 aromatic rings. The Morgan fingerprint density at radius 2 is 2.14 bits per heavy atom. The highest BCUT2D eigenvalue weighted by Crippen LogP contribution is 2.35. The Hall–Kier alpha value is -2.19. The smallest absolute Gasteiger partial charge is 0.187 e. The molecule has 1 aromatic carbocycles. The minimum Gasteiger partial charge on any atom is -0.495 e. The molecular formula is C14H13FN4OS2. The van der Waals surface area contributed by atoms with Gasteiger partial charge in [-0.3, -0.25) is 0 Å². The summed E-state index contributed by atoms with van der Waals surface area (Å²) in [6, 6.07) is 4.29. The van der Waals surface area contributed by atoms with Crippen molar-refractivity contribution in [2.45, 2.75) is 6.92 Å². The molecule has 0 fully saturated rings. The molecule has 2 aromatic heterocycles. The Morgan fingerprint density at radius 3 is 2.82 bits per heavy atom. The second-order valence-electron chi connectivity index (χ2n) is 4.47. The van der Waals surface area contributed by atoms with E-state index in [1.807, 2.05) is 12.3 Å². The van der Waals surface area contributed by atoms with Crippen LogP contribution in [-0.2, 0) is 0 Å². The van der Waals surface area contributed by atoms with Crippen molar-refractivity contribution in [1.82, 2.24) is 9.97 Å². The highest BCUT2D eigenvalue weighted by molar-refractivity contribution is 7.19. The summed E-state index contributed by atoms with van der Waals surface area (Å²) in [7, 11) is 1.54. The van der Waals surface area contributed by atoms with Crippen LogP contribution in [0.3, 0.4) is 0 Å². The van der Waals surface area contributed by atoms with Gasteiger partial charge in [-0.2, -0.15) is 0 Å². The number of ether oxygens (including phenoxy) is 1. The Kier molecular flexibility index (Phi) is 3.95. The fraction of sp³-hybridized carbons (Fsp3) is 0.143. The van der Waals surface area contributed by atoms with Crippen LogP contribution in [0.25, 0.3) is 10.6 Å². The molecule has 2 heterocycles. The first kappa shape index (κ1) is 14.7. The largest absolute Gasteiger partial charge is 0.495 e. The second-order valence-corrected chi connectivity index (χ2v) is 6.36. The van der Waals surface area contributed by atoms with Crippen molar-refractivity contribution in [3.8, 4) is 16.3 Å². The number of halogens is 1. The molecule has 0 radical (unpaired) electrons. The minimum atomic E-state index is -0.342. The molecule has 0 aliphatic carbocycles. The normalized spacial score (nSPS) is 10.7. The highest BCUT2D eigenvalue weighted by Gasteiger charge is 2.13. The molecule has 3 N–H and O–H groups in total. The molecule has 8 heteroatoms. The molecular weight excluding hydrogens is 323 g/mol. The van der Waals surface area contributed by atoms with Crippen molar-refractivity contribution >= 4 is 38.6 Å². The van der Waals surface area contributed by atoms with Gasteiger partial charge in [0.15, 0.2) is 10.3 Å². The molecule has 0 atom stereocenters. The van der Waals surface area contributed by atoms with E-state index in [0.717, 1.165) is 16.3 Å². The topological polar surface area (TPSA) is 73.1 Å². The highest BCUT2D eigenvalue weighted by atomic mass is 32.1. The van der Waals surface area contributed by atoms with E-state index in [4.69, 9.17) is 10.5 Å². The van der Waals surface area contributed by atoms with E-state index in [2.05, 4.69) is 15.3 Å². The van der Waals surface area contributed by atoms with E-state index in [-0.39, 0.29) is 5.82 Å². The molecule has 0 saturated heterocycles. The Morgan fingerprint density at radius 1 is 1.32 bits per heavy atom. The summed E-state index contributed by atoms with van der Waals surface area (Å²) in [4.78, 5) is 9.63. The zero-order valence-electron chi connectivity index (χ0n) is 11.9. The molecule has 0 amide bonds. The maximum Gasteiger partial charge on any atom is 0.187 e. The summed E-state index contributed by atoms with van der Waals surface area (Å²) in [5, 5.41) is 6.15. The lowest BCUT2D eigenvalue weighted by Gasteiger charge is -2.08. The van der Waals surface area contributed by atoms with Gasteiger partial charge in [0, 0.05) is 11.4 Å². The fourth-order valence-corrected chi connectivity index (χ4v) is 3.57. The lowest BCUT2D eigenvalue weighted by atomic mass is 10.3. The number of nitrogens with one attached hydrogen (secondary N) is 1. The lowest BCUT2D eigenvalue weighted by Crippen LogP contribution is -1.95. The molecule has 5 nitrogen and oxygen atoms in total. The number of nitrogens with two attached hydrogens (primary N) is 1. The zero-order chi connectivity index (χ0) is 15.7. The Labute approximate surface area is 134 Å². The molecule has 0 bridgehead atoms. The molecule has 22 heavy (non-hydrogen) atoms. The summed E-state index contributed by atoms with van der Waals surface area (Å²) >= 11 is 2.82. The third kappa shape index (κ3) is 2.88. The van der Waals surface area contributed by atoms with E-state index < -0.39 is 0 Å². The quantitative estimate of drug-likeness (QED) is 0.752. The molecule has 3 rings (SSSR count). The van der Waals surface area contributed by atoms with Gasteiger partial charge in [0.2, 0.25) is 0 Å². The number of rotatable bonds is 4. The van der Waals surface area contributed by atoms with Gasteiger partial charge in [0.05, 0.1) is 29.1 Å². The van der Waals surface area contributed by atoms with E-state index in [1.54, 1.807) is 6.07 Å². The monoisotopic (exact) mass is 336 g/mol. The van der Waals surface area contributed by atoms with E-state index in [1.165, 1.54) is 41.9 Å². The number of nitrogen functional groups attached to an aromatic ring is 1. The Bertz CT molecular complexity index is 815. The van der Waals surface area contributed by atoms with Crippen molar-refractivity contribution < 1.29 is 9.13 Å². The van der Waals surface area contributed by atoms with E-state index in [0.29, 0.717) is 21.7 Å². The minimum absolute atomic E-state index is 0.342. The third-order valence-corrected chi connectivity index (χ3v) is 4.72. The van der Waals surface area contributed by atoms with Crippen LogP contribution in [-0.4, -0.2) is 17.1 Å². The number of methoxy groups -OCH3 is 1. The van der Waals surface area contributed by atoms with Crippen LogP contribution in [0.2, 0.25) is 0 Å². The van der Waals surface area contributed by atoms with Crippen LogP contribution in [0.1, 0.15) is 5.69 Å². The number of thiazole rings is 2. The van der Waals surface area contributed by atoms with Crippen LogP contribution in [0, 0.1) is 12.7 Å². The second kappa shape index (κ2) is 5.90. The van der Waals surface area contributed by atoms with Crippen LogP contribution in [0.5, 0.6) is 5.75 Å².